The third-order valence-corrected chi connectivity index (χ3v) is 4.03. The molecule has 100 valence electrons. The summed E-state index contributed by atoms with van der Waals surface area (Å²) in [5, 5.41) is 4.77. The molecule has 0 radical (unpaired) electrons. The zero-order valence-electron chi connectivity index (χ0n) is 10.1. The van der Waals surface area contributed by atoms with Crippen LogP contribution >= 0.6 is 27.3 Å². The number of anilines is 1. The Balaban J connectivity index is 1.74. The molecular weight excluding hydrogens is 328 g/mol. The average Bonchev–Trinajstić information content (AvgIpc) is 2.81. The summed E-state index contributed by atoms with van der Waals surface area (Å²) in [5.74, 6) is 0.476. The third kappa shape index (κ3) is 4.57. The molecule has 1 aromatic carbocycles. The van der Waals surface area contributed by atoms with Crippen molar-refractivity contribution in [3.8, 4) is 5.75 Å². The summed E-state index contributed by atoms with van der Waals surface area (Å²) in [7, 11) is 0. The van der Waals surface area contributed by atoms with Crippen molar-refractivity contribution < 1.29 is 9.53 Å². The highest BCUT2D eigenvalue weighted by Crippen LogP contribution is 2.19. The Morgan fingerprint density at radius 1 is 1.37 bits per heavy atom. The number of nitrogens with two attached hydrogens (primary N) is 1. The summed E-state index contributed by atoms with van der Waals surface area (Å²) in [6, 6.07) is 8.91. The fraction of sp³-hybridized carbons (Fsp3) is 0.154. The number of ether oxygens (including phenoxy) is 1. The van der Waals surface area contributed by atoms with Crippen LogP contribution in [-0.2, 0) is 11.3 Å². The van der Waals surface area contributed by atoms with E-state index in [1.807, 2.05) is 11.4 Å². The number of carbonyl (C=O) groups excluding carboxylic acids is 1. The molecule has 0 aliphatic rings. The number of hydrogen-bond donors (Lipinski definition) is 2. The highest BCUT2D eigenvalue weighted by atomic mass is 79.9. The molecule has 0 spiro atoms. The zero-order valence-corrected chi connectivity index (χ0v) is 12.5. The van der Waals surface area contributed by atoms with E-state index >= 15 is 0 Å². The van der Waals surface area contributed by atoms with Crippen LogP contribution in [0.2, 0.25) is 0 Å². The molecule has 1 aromatic heterocycles. The van der Waals surface area contributed by atoms with Gasteiger partial charge in [0.05, 0.1) is 6.54 Å². The zero-order chi connectivity index (χ0) is 13.7. The number of nitrogen functional groups attached to an aromatic ring is 1. The molecule has 6 heteroatoms. The predicted molar refractivity (Wildman–Crippen MR) is 80.2 cm³/mol. The number of hydrogen-bond acceptors (Lipinski definition) is 4. The molecule has 0 aliphatic heterocycles. The summed E-state index contributed by atoms with van der Waals surface area (Å²) in [5.41, 5.74) is 6.23. The van der Waals surface area contributed by atoms with Crippen LogP contribution in [0.15, 0.2) is 40.2 Å². The monoisotopic (exact) mass is 340 g/mol. The molecule has 0 unspecified atom stereocenters. The Kier molecular flexibility index (Phi) is 4.81. The van der Waals surface area contributed by atoms with Gasteiger partial charge >= 0.3 is 0 Å². The maximum absolute atomic E-state index is 11.6. The second-order valence-corrected chi connectivity index (χ2v) is 5.78. The lowest BCUT2D eigenvalue weighted by molar-refractivity contribution is -0.123. The van der Waals surface area contributed by atoms with Gasteiger partial charge in [-0.2, -0.15) is 0 Å². The van der Waals surface area contributed by atoms with Gasteiger partial charge < -0.3 is 15.8 Å². The lowest BCUT2D eigenvalue weighted by atomic mass is 10.3. The third-order valence-electron chi connectivity index (χ3n) is 2.33. The van der Waals surface area contributed by atoms with Crippen LogP contribution in [0.4, 0.5) is 5.69 Å². The number of nitrogens with one attached hydrogen (secondary N) is 1. The topological polar surface area (TPSA) is 64.3 Å². The fourth-order valence-electron chi connectivity index (χ4n) is 1.40. The van der Waals surface area contributed by atoms with E-state index in [1.165, 1.54) is 0 Å². The van der Waals surface area contributed by atoms with Gasteiger partial charge in [-0.15, -0.1) is 11.3 Å². The standard InChI is InChI=1S/C13H13BrN2O2S/c14-9-5-12(19-8-9)6-16-13(17)7-18-11-3-1-10(15)2-4-11/h1-5,8H,6-7,15H2,(H,16,17). The molecule has 0 saturated heterocycles. The Morgan fingerprint density at radius 3 is 2.74 bits per heavy atom. The SMILES string of the molecule is Nc1ccc(OCC(=O)NCc2cc(Br)cs2)cc1. The fourth-order valence-corrected chi connectivity index (χ4v) is 2.79. The van der Waals surface area contributed by atoms with Crippen molar-refractivity contribution in [1.82, 2.24) is 5.32 Å². The predicted octanol–water partition coefficient (Wildman–Crippen LogP) is 2.79. The van der Waals surface area contributed by atoms with Crippen molar-refractivity contribution in [2.24, 2.45) is 0 Å². The van der Waals surface area contributed by atoms with Crippen LogP contribution in [0, 0.1) is 0 Å². The maximum atomic E-state index is 11.6. The van der Waals surface area contributed by atoms with E-state index in [2.05, 4.69) is 21.2 Å². The normalized spacial score (nSPS) is 10.2. The van der Waals surface area contributed by atoms with Crippen LogP contribution in [0.25, 0.3) is 0 Å². The second-order valence-electron chi connectivity index (χ2n) is 3.87. The Hall–Kier alpha value is -1.53. The van der Waals surface area contributed by atoms with Gasteiger partial charge in [-0.1, -0.05) is 0 Å². The molecule has 0 saturated carbocycles. The van der Waals surface area contributed by atoms with E-state index < -0.39 is 0 Å². The van der Waals surface area contributed by atoms with Crippen LogP contribution in [0.3, 0.4) is 0 Å². The van der Waals surface area contributed by atoms with E-state index in [4.69, 9.17) is 10.5 Å². The number of benzene rings is 1. The summed E-state index contributed by atoms with van der Waals surface area (Å²) >= 11 is 4.96. The molecule has 4 nitrogen and oxygen atoms in total. The molecule has 1 amide bonds. The van der Waals surface area contributed by atoms with Gasteiger partial charge in [0.25, 0.3) is 5.91 Å². The number of thiophene rings is 1. The first kappa shape index (κ1) is 13.9. The summed E-state index contributed by atoms with van der Waals surface area (Å²) < 4.78 is 6.37. The highest BCUT2D eigenvalue weighted by Gasteiger charge is 2.04. The largest absolute Gasteiger partial charge is 0.484 e. The molecule has 0 bridgehead atoms. The second kappa shape index (κ2) is 6.58. The lowest BCUT2D eigenvalue weighted by Crippen LogP contribution is -2.28. The van der Waals surface area contributed by atoms with E-state index in [0.29, 0.717) is 18.0 Å². The summed E-state index contributed by atoms with van der Waals surface area (Å²) in [4.78, 5) is 12.7. The Bertz CT molecular complexity index is 554. The van der Waals surface area contributed by atoms with E-state index in [0.717, 1.165) is 9.35 Å². The van der Waals surface area contributed by atoms with Crippen LogP contribution in [-0.4, -0.2) is 12.5 Å². The molecule has 0 fully saturated rings. The number of amides is 1. The number of halogens is 1. The molecule has 1 heterocycles. The highest BCUT2D eigenvalue weighted by molar-refractivity contribution is 9.10. The first-order valence-electron chi connectivity index (χ1n) is 5.61. The Morgan fingerprint density at radius 2 is 2.11 bits per heavy atom. The quantitative estimate of drug-likeness (QED) is 0.822. The van der Waals surface area contributed by atoms with Crippen molar-refractivity contribution in [2.45, 2.75) is 6.54 Å². The van der Waals surface area contributed by atoms with E-state index in [-0.39, 0.29) is 12.5 Å². The number of rotatable bonds is 5. The molecule has 2 aromatic rings. The van der Waals surface area contributed by atoms with Gasteiger partial charge in [-0.05, 0) is 46.3 Å². The van der Waals surface area contributed by atoms with Gasteiger partial charge in [-0.3, -0.25) is 4.79 Å². The maximum Gasteiger partial charge on any atom is 0.258 e. The number of carbonyl (C=O) groups is 1. The van der Waals surface area contributed by atoms with Gasteiger partial charge in [0.1, 0.15) is 5.75 Å². The van der Waals surface area contributed by atoms with Crippen molar-refractivity contribution >= 4 is 38.9 Å². The minimum Gasteiger partial charge on any atom is -0.484 e. The van der Waals surface area contributed by atoms with Crippen LogP contribution in [0.5, 0.6) is 5.75 Å². The minimum absolute atomic E-state index is 0.00351. The molecule has 0 aliphatic carbocycles. The average molecular weight is 341 g/mol. The first-order chi connectivity index (χ1) is 9.13. The van der Waals surface area contributed by atoms with E-state index in [1.54, 1.807) is 35.6 Å². The van der Waals surface area contributed by atoms with Crippen molar-refractivity contribution in [2.75, 3.05) is 12.3 Å². The first-order valence-corrected chi connectivity index (χ1v) is 7.29. The molecule has 0 atom stereocenters. The molecule has 19 heavy (non-hydrogen) atoms. The molecular formula is C13H13BrN2O2S. The molecule has 2 rings (SSSR count). The minimum atomic E-state index is -0.152. The lowest BCUT2D eigenvalue weighted by Gasteiger charge is -2.06. The Labute approximate surface area is 123 Å². The van der Waals surface area contributed by atoms with Crippen LogP contribution < -0.4 is 15.8 Å². The molecule has 3 N–H and O–H groups in total. The van der Waals surface area contributed by atoms with Crippen molar-refractivity contribution in [3.05, 3.63) is 45.1 Å². The van der Waals surface area contributed by atoms with Crippen molar-refractivity contribution in [1.29, 1.82) is 0 Å². The van der Waals surface area contributed by atoms with E-state index in [9.17, 15) is 4.79 Å². The van der Waals surface area contributed by atoms with Gasteiger partial charge in [0.2, 0.25) is 0 Å². The van der Waals surface area contributed by atoms with Crippen molar-refractivity contribution in [3.63, 3.8) is 0 Å². The summed E-state index contributed by atoms with van der Waals surface area (Å²) in [6.07, 6.45) is 0. The summed E-state index contributed by atoms with van der Waals surface area (Å²) in [6.45, 7) is 0.511. The van der Waals surface area contributed by atoms with Crippen LogP contribution in [0.1, 0.15) is 4.88 Å². The van der Waals surface area contributed by atoms with Gasteiger partial charge in [0.15, 0.2) is 6.61 Å². The van der Waals surface area contributed by atoms with Gasteiger partial charge in [0, 0.05) is 20.4 Å². The van der Waals surface area contributed by atoms with Gasteiger partial charge in [-0.25, -0.2) is 0 Å². The smallest absolute Gasteiger partial charge is 0.258 e.